The van der Waals surface area contributed by atoms with Gasteiger partial charge in [0.1, 0.15) is 6.10 Å². The molecular formula is C21H23NO2. The fourth-order valence-electron chi connectivity index (χ4n) is 4.38. The van der Waals surface area contributed by atoms with Crippen molar-refractivity contribution in [3.05, 3.63) is 71.8 Å². The molecule has 2 saturated heterocycles. The minimum Gasteiger partial charge on any atom is -0.462 e. The summed E-state index contributed by atoms with van der Waals surface area (Å²) in [6.45, 7) is 5.16. The Morgan fingerprint density at radius 3 is 2.33 bits per heavy atom. The second-order valence-corrected chi connectivity index (χ2v) is 6.97. The smallest absolute Gasteiger partial charge is 0.311 e. The van der Waals surface area contributed by atoms with Crippen molar-refractivity contribution in [1.82, 2.24) is 4.90 Å². The van der Waals surface area contributed by atoms with Crippen molar-refractivity contribution in [3.8, 4) is 0 Å². The number of nitrogens with zero attached hydrogens (tertiary/aromatic N) is 1. The van der Waals surface area contributed by atoms with Crippen LogP contribution in [0.15, 0.2) is 60.7 Å². The maximum absolute atomic E-state index is 12.5. The van der Waals surface area contributed by atoms with Gasteiger partial charge in [-0.2, -0.15) is 0 Å². The standard InChI is InChI=1S/C21H23NO2/c1-14(16-9-5-3-6-10-16)22-13-18-15(2)24-21(23)19(18)20(22)17-11-7-4-8-12-17/h3-12,14-15,18-20H,13H2,1-2H3/t14-,15+,18-,19+,20-/m1/s1. The van der Waals surface area contributed by atoms with E-state index in [0.29, 0.717) is 0 Å². The molecule has 4 rings (SSSR count). The number of cyclic esters (lactones) is 1. The van der Waals surface area contributed by atoms with Crippen LogP contribution in [0.25, 0.3) is 0 Å². The monoisotopic (exact) mass is 321 g/mol. The van der Waals surface area contributed by atoms with E-state index in [4.69, 9.17) is 4.74 Å². The molecule has 0 aliphatic carbocycles. The zero-order chi connectivity index (χ0) is 16.7. The second kappa shape index (κ2) is 6.06. The van der Waals surface area contributed by atoms with Gasteiger partial charge in [0, 0.05) is 24.5 Å². The number of carbonyl (C=O) groups excluding carboxylic acids is 1. The van der Waals surface area contributed by atoms with Crippen LogP contribution < -0.4 is 0 Å². The van der Waals surface area contributed by atoms with E-state index in [9.17, 15) is 4.79 Å². The van der Waals surface area contributed by atoms with Crippen LogP contribution in [0.5, 0.6) is 0 Å². The Bertz CT molecular complexity index is 715. The van der Waals surface area contributed by atoms with E-state index >= 15 is 0 Å². The van der Waals surface area contributed by atoms with Gasteiger partial charge in [0.2, 0.25) is 0 Å². The van der Waals surface area contributed by atoms with Crippen LogP contribution in [-0.4, -0.2) is 23.5 Å². The summed E-state index contributed by atoms with van der Waals surface area (Å²) in [5.41, 5.74) is 2.50. The number of rotatable bonds is 3. The lowest BCUT2D eigenvalue weighted by atomic mass is 9.86. The van der Waals surface area contributed by atoms with E-state index in [2.05, 4.69) is 60.4 Å². The fraction of sp³-hybridized carbons (Fsp3) is 0.381. The van der Waals surface area contributed by atoms with Gasteiger partial charge in [-0.1, -0.05) is 60.7 Å². The van der Waals surface area contributed by atoms with Crippen LogP contribution in [0.3, 0.4) is 0 Å². The number of ether oxygens (including phenoxy) is 1. The number of hydrogen-bond acceptors (Lipinski definition) is 3. The Balaban J connectivity index is 1.74. The van der Waals surface area contributed by atoms with E-state index in [-0.39, 0.29) is 36.0 Å². The summed E-state index contributed by atoms with van der Waals surface area (Å²) in [5, 5.41) is 0. The Hall–Kier alpha value is -2.13. The lowest BCUT2D eigenvalue weighted by Gasteiger charge is -2.33. The summed E-state index contributed by atoms with van der Waals surface area (Å²) < 4.78 is 5.55. The van der Waals surface area contributed by atoms with Crippen molar-refractivity contribution in [2.45, 2.75) is 32.0 Å². The topological polar surface area (TPSA) is 29.5 Å². The highest BCUT2D eigenvalue weighted by molar-refractivity contribution is 5.77. The molecule has 0 aromatic heterocycles. The molecule has 0 radical (unpaired) electrons. The Morgan fingerprint density at radius 1 is 1.04 bits per heavy atom. The number of benzene rings is 2. The third-order valence-electron chi connectivity index (χ3n) is 5.68. The number of carbonyl (C=O) groups is 1. The van der Waals surface area contributed by atoms with Crippen molar-refractivity contribution < 1.29 is 9.53 Å². The SMILES string of the molecule is C[C@@H]1OC(=O)[C@H]2[C@@H]1CN([C@H](C)c1ccccc1)[C@@H]2c1ccccc1. The molecule has 0 N–H and O–H groups in total. The third kappa shape index (κ3) is 2.44. The first-order valence-electron chi connectivity index (χ1n) is 8.73. The summed E-state index contributed by atoms with van der Waals surface area (Å²) >= 11 is 0. The van der Waals surface area contributed by atoms with Gasteiger partial charge in [-0.3, -0.25) is 9.69 Å². The van der Waals surface area contributed by atoms with Crippen molar-refractivity contribution in [2.75, 3.05) is 6.54 Å². The van der Waals surface area contributed by atoms with Crippen molar-refractivity contribution in [3.63, 3.8) is 0 Å². The minimum atomic E-state index is -0.0615. The summed E-state index contributed by atoms with van der Waals surface area (Å²) in [5.74, 6) is 0.173. The zero-order valence-electron chi connectivity index (χ0n) is 14.1. The molecule has 5 atom stereocenters. The first-order chi connectivity index (χ1) is 11.7. The van der Waals surface area contributed by atoms with E-state index in [1.54, 1.807) is 0 Å². The molecule has 3 heteroatoms. The number of fused-ring (bicyclic) bond motifs is 1. The molecular weight excluding hydrogens is 298 g/mol. The summed E-state index contributed by atoms with van der Waals surface area (Å²) in [7, 11) is 0. The molecule has 24 heavy (non-hydrogen) atoms. The van der Waals surface area contributed by atoms with E-state index in [1.165, 1.54) is 11.1 Å². The van der Waals surface area contributed by atoms with E-state index in [1.807, 2.05) is 19.1 Å². The quantitative estimate of drug-likeness (QED) is 0.801. The first-order valence-corrected chi connectivity index (χ1v) is 8.73. The van der Waals surface area contributed by atoms with Crippen LogP contribution >= 0.6 is 0 Å². The molecule has 2 aromatic rings. The van der Waals surface area contributed by atoms with Crippen LogP contribution in [-0.2, 0) is 9.53 Å². The van der Waals surface area contributed by atoms with Gasteiger partial charge in [0.05, 0.1) is 5.92 Å². The molecule has 2 aromatic carbocycles. The maximum atomic E-state index is 12.5. The Morgan fingerprint density at radius 2 is 1.67 bits per heavy atom. The van der Waals surface area contributed by atoms with Crippen molar-refractivity contribution in [1.29, 1.82) is 0 Å². The van der Waals surface area contributed by atoms with E-state index < -0.39 is 0 Å². The Kier molecular flexibility index (Phi) is 3.89. The highest BCUT2D eigenvalue weighted by Crippen LogP contribution is 2.50. The van der Waals surface area contributed by atoms with Gasteiger partial charge in [-0.05, 0) is 25.0 Å². The van der Waals surface area contributed by atoms with Gasteiger partial charge in [0.15, 0.2) is 0 Å². The molecule has 2 fully saturated rings. The fourth-order valence-corrected chi connectivity index (χ4v) is 4.38. The number of hydrogen-bond donors (Lipinski definition) is 0. The van der Waals surface area contributed by atoms with Crippen LogP contribution in [0.4, 0.5) is 0 Å². The molecule has 124 valence electrons. The van der Waals surface area contributed by atoms with Gasteiger partial charge >= 0.3 is 5.97 Å². The lowest BCUT2D eigenvalue weighted by molar-refractivity contribution is -0.145. The number of esters is 1. The van der Waals surface area contributed by atoms with Crippen molar-refractivity contribution >= 4 is 5.97 Å². The predicted molar refractivity (Wildman–Crippen MR) is 93.3 cm³/mol. The molecule has 0 spiro atoms. The molecule has 2 aliphatic rings. The first kappa shape index (κ1) is 15.4. The van der Waals surface area contributed by atoms with Gasteiger partial charge in [-0.15, -0.1) is 0 Å². The largest absolute Gasteiger partial charge is 0.462 e. The molecule has 0 amide bonds. The molecule has 2 aliphatic heterocycles. The molecule has 0 bridgehead atoms. The zero-order valence-corrected chi connectivity index (χ0v) is 14.1. The second-order valence-electron chi connectivity index (χ2n) is 6.97. The average molecular weight is 321 g/mol. The van der Waals surface area contributed by atoms with Gasteiger partial charge < -0.3 is 4.74 Å². The van der Waals surface area contributed by atoms with E-state index in [0.717, 1.165) is 6.54 Å². The van der Waals surface area contributed by atoms with Crippen LogP contribution in [0.1, 0.15) is 37.1 Å². The molecule has 0 saturated carbocycles. The van der Waals surface area contributed by atoms with Crippen LogP contribution in [0.2, 0.25) is 0 Å². The highest BCUT2D eigenvalue weighted by atomic mass is 16.6. The molecule has 2 heterocycles. The third-order valence-corrected chi connectivity index (χ3v) is 5.68. The summed E-state index contributed by atoms with van der Waals surface area (Å²) in [4.78, 5) is 15.0. The summed E-state index contributed by atoms with van der Waals surface area (Å²) in [6.07, 6.45) is 0.00156. The highest BCUT2D eigenvalue weighted by Gasteiger charge is 2.55. The molecule has 0 unspecified atom stereocenters. The van der Waals surface area contributed by atoms with Gasteiger partial charge in [0.25, 0.3) is 0 Å². The normalized spacial score (nSPS) is 30.8. The molecule has 3 nitrogen and oxygen atoms in total. The lowest BCUT2D eigenvalue weighted by Crippen LogP contribution is -2.31. The Labute approximate surface area is 143 Å². The minimum absolute atomic E-state index is 0.00156. The summed E-state index contributed by atoms with van der Waals surface area (Å²) in [6, 6.07) is 21.3. The van der Waals surface area contributed by atoms with Gasteiger partial charge in [-0.25, -0.2) is 0 Å². The average Bonchev–Trinajstić information content (AvgIpc) is 3.14. The maximum Gasteiger partial charge on any atom is 0.311 e. The number of likely N-dealkylation sites (tertiary alicyclic amines) is 1. The van der Waals surface area contributed by atoms with Crippen molar-refractivity contribution in [2.24, 2.45) is 11.8 Å². The predicted octanol–water partition coefficient (Wildman–Crippen LogP) is 3.98. The van der Waals surface area contributed by atoms with Crippen LogP contribution in [0, 0.1) is 11.8 Å².